The van der Waals surface area contributed by atoms with E-state index in [4.69, 9.17) is 4.74 Å². The summed E-state index contributed by atoms with van der Waals surface area (Å²) < 4.78 is 21.9. The third-order valence-electron chi connectivity index (χ3n) is 8.45. The van der Waals surface area contributed by atoms with Crippen molar-refractivity contribution in [3.8, 4) is 0 Å². The predicted octanol–water partition coefficient (Wildman–Crippen LogP) is 3.31. The van der Waals surface area contributed by atoms with Crippen molar-refractivity contribution in [2.45, 2.75) is 65.2 Å². The van der Waals surface area contributed by atoms with Crippen molar-refractivity contribution in [3.63, 3.8) is 0 Å². The fourth-order valence-corrected chi connectivity index (χ4v) is 7.20. The molecule has 0 aromatic carbocycles. The number of rotatable bonds is 3. The van der Waals surface area contributed by atoms with Gasteiger partial charge in [0.25, 0.3) is 0 Å². The Morgan fingerprint density at radius 2 is 2.00 bits per heavy atom. The highest BCUT2D eigenvalue weighted by Crippen LogP contribution is 2.70. The molecule has 6 heteroatoms. The van der Waals surface area contributed by atoms with Gasteiger partial charge in [-0.3, -0.25) is 14.4 Å². The molecule has 1 unspecified atom stereocenters. The molecule has 30 heavy (non-hydrogen) atoms. The van der Waals surface area contributed by atoms with Gasteiger partial charge in [0, 0.05) is 18.3 Å². The lowest BCUT2D eigenvalue weighted by atomic mass is 9.45. The van der Waals surface area contributed by atoms with Gasteiger partial charge in [0.2, 0.25) is 0 Å². The predicted molar refractivity (Wildman–Crippen MR) is 108 cm³/mol. The standard InChI is InChI=1S/C24H30FO5/c1-13-9-18-17-6-5-15-10-16(27)7-8-23(15,4)24(17,25)20(29)11-22(18,3)21(13)19(28)12-30-14(2)26/h7-8,10,13,17-18,20,29H,5-6,9,11-12H2,1-4H3/t13-,17-,18-,20-,22-,23-,24?/m0/s1. The third kappa shape index (κ3) is 2.72. The van der Waals surface area contributed by atoms with Crippen LogP contribution in [0.3, 0.4) is 0 Å². The van der Waals surface area contributed by atoms with Crippen molar-refractivity contribution in [1.82, 2.24) is 0 Å². The highest BCUT2D eigenvalue weighted by atomic mass is 19.1. The first kappa shape index (κ1) is 21.4. The second-order valence-electron chi connectivity index (χ2n) is 10.0. The highest BCUT2D eigenvalue weighted by molar-refractivity contribution is 6.01. The molecule has 163 valence electrons. The van der Waals surface area contributed by atoms with Gasteiger partial charge in [-0.1, -0.05) is 25.5 Å². The molecule has 3 saturated carbocycles. The Hall–Kier alpha value is -1.82. The normalized spacial score (nSPS) is 45.3. The minimum absolute atomic E-state index is 0.0640. The van der Waals surface area contributed by atoms with E-state index in [0.717, 1.165) is 5.57 Å². The SMILES string of the molecule is CC(=O)OCC(=O)[C]1[C@@H](C)C[C@H]2[C@@H]3CCC4=CC(=O)C=C[C@]4(C)C3(F)[C@@H](O)C[C@]12C. The van der Waals surface area contributed by atoms with E-state index < -0.39 is 34.5 Å². The summed E-state index contributed by atoms with van der Waals surface area (Å²) in [7, 11) is 0. The summed E-state index contributed by atoms with van der Waals surface area (Å²) in [4.78, 5) is 36.0. The molecule has 4 aliphatic carbocycles. The first-order chi connectivity index (χ1) is 13.9. The topological polar surface area (TPSA) is 80.7 Å². The lowest BCUT2D eigenvalue weighted by Gasteiger charge is -2.61. The zero-order valence-electron chi connectivity index (χ0n) is 18.0. The van der Waals surface area contributed by atoms with E-state index in [0.29, 0.717) is 25.2 Å². The van der Waals surface area contributed by atoms with Crippen LogP contribution < -0.4 is 0 Å². The Kier molecular flexibility index (Phi) is 4.88. The van der Waals surface area contributed by atoms with Crippen LogP contribution in [-0.4, -0.2) is 41.0 Å². The summed E-state index contributed by atoms with van der Waals surface area (Å²) >= 11 is 0. The molecule has 5 nitrogen and oxygen atoms in total. The maximum absolute atomic E-state index is 17.0. The average Bonchev–Trinajstić information content (AvgIpc) is 2.91. The van der Waals surface area contributed by atoms with Crippen molar-refractivity contribution in [3.05, 3.63) is 29.7 Å². The number of allylic oxidation sites excluding steroid dienone is 4. The van der Waals surface area contributed by atoms with Crippen LogP contribution in [0.2, 0.25) is 0 Å². The lowest BCUT2D eigenvalue weighted by molar-refractivity contribution is -0.187. The highest BCUT2D eigenvalue weighted by Gasteiger charge is 2.71. The summed E-state index contributed by atoms with van der Waals surface area (Å²) in [6, 6.07) is 0. The van der Waals surface area contributed by atoms with Crippen LogP contribution in [-0.2, 0) is 19.1 Å². The first-order valence-electron chi connectivity index (χ1n) is 10.8. The fraction of sp³-hybridized carbons (Fsp3) is 0.667. The van der Waals surface area contributed by atoms with Crippen LogP contribution in [0.5, 0.6) is 0 Å². The zero-order chi connectivity index (χ0) is 22.1. The fourth-order valence-electron chi connectivity index (χ4n) is 7.20. The largest absolute Gasteiger partial charge is 0.458 e. The van der Waals surface area contributed by atoms with Crippen molar-refractivity contribution in [2.24, 2.45) is 28.6 Å². The van der Waals surface area contributed by atoms with Crippen molar-refractivity contribution >= 4 is 17.5 Å². The van der Waals surface area contributed by atoms with Crippen LogP contribution in [0.4, 0.5) is 4.39 Å². The molecule has 0 saturated heterocycles. The number of ether oxygens (including phenoxy) is 1. The number of hydrogen-bond acceptors (Lipinski definition) is 5. The molecule has 4 aliphatic rings. The number of ketones is 2. The smallest absolute Gasteiger partial charge is 0.303 e. The van der Waals surface area contributed by atoms with Gasteiger partial charge >= 0.3 is 5.97 Å². The Morgan fingerprint density at radius 1 is 1.30 bits per heavy atom. The molecule has 4 rings (SSSR count). The van der Waals surface area contributed by atoms with Crippen LogP contribution >= 0.6 is 0 Å². The number of esters is 1. The zero-order valence-corrected chi connectivity index (χ0v) is 18.0. The second-order valence-corrected chi connectivity index (χ2v) is 10.0. The van der Waals surface area contributed by atoms with E-state index >= 15 is 4.39 Å². The van der Waals surface area contributed by atoms with E-state index in [2.05, 4.69) is 0 Å². The molecule has 1 N–H and O–H groups in total. The molecule has 3 fully saturated rings. The quantitative estimate of drug-likeness (QED) is 0.713. The number of aliphatic hydroxyl groups is 1. The van der Waals surface area contributed by atoms with Gasteiger partial charge < -0.3 is 9.84 Å². The van der Waals surface area contributed by atoms with Gasteiger partial charge in [0.05, 0.1) is 12.0 Å². The number of fused-ring (bicyclic) bond motifs is 5. The monoisotopic (exact) mass is 417 g/mol. The van der Waals surface area contributed by atoms with Crippen LogP contribution in [0.1, 0.15) is 53.4 Å². The number of Topliss-reactive ketones (excluding diaryl/α,β-unsaturated/α-hetero) is 1. The van der Waals surface area contributed by atoms with E-state index in [1.165, 1.54) is 19.1 Å². The number of alkyl halides is 1. The van der Waals surface area contributed by atoms with E-state index in [9.17, 15) is 19.5 Å². The third-order valence-corrected chi connectivity index (χ3v) is 8.45. The number of hydrogen-bond donors (Lipinski definition) is 1. The Morgan fingerprint density at radius 3 is 2.67 bits per heavy atom. The molecule has 0 bridgehead atoms. The summed E-state index contributed by atoms with van der Waals surface area (Å²) in [5, 5.41) is 11.2. The van der Waals surface area contributed by atoms with Crippen molar-refractivity contribution in [2.75, 3.05) is 6.61 Å². The van der Waals surface area contributed by atoms with Crippen LogP contribution in [0.15, 0.2) is 23.8 Å². The van der Waals surface area contributed by atoms with Crippen LogP contribution in [0, 0.1) is 34.5 Å². The van der Waals surface area contributed by atoms with E-state index in [-0.39, 0.29) is 36.4 Å². The van der Waals surface area contributed by atoms with Gasteiger partial charge in [-0.25, -0.2) is 4.39 Å². The number of halogens is 1. The molecule has 1 radical (unpaired) electrons. The number of carbonyl (C=O) groups excluding carboxylic acids is 3. The Bertz CT molecular complexity index is 862. The molecular weight excluding hydrogens is 387 g/mol. The summed E-state index contributed by atoms with van der Waals surface area (Å²) in [6.45, 7) is 6.66. The van der Waals surface area contributed by atoms with E-state index in [1.807, 2.05) is 13.8 Å². The Labute approximate surface area is 176 Å². The summed E-state index contributed by atoms with van der Waals surface area (Å²) in [5.74, 6) is -0.801. The summed E-state index contributed by atoms with van der Waals surface area (Å²) in [5.41, 5.74) is -2.81. The molecule has 7 atom stereocenters. The van der Waals surface area contributed by atoms with Gasteiger partial charge in [-0.05, 0) is 62.0 Å². The van der Waals surface area contributed by atoms with Gasteiger partial charge in [-0.2, -0.15) is 0 Å². The van der Waals surface area contributed by atoms with Crippen LogP contribution in [0.25, 0.3) is 0 Å². The molecule has 0 aromatic rings. The summed E-state index contributed by atoms with van der Waals surface area (Å²) in [6.07, 6.45) is 5.25. The molecule has 0 amide bonds. The lowest BCUT2D eigenvalue weighted by Crippen LogP contribution is -2.66. The second kappa shape index (κ2) is 6.84. The maximum Gasteiger partial charge on any atom is 0.303 e. The van der Waals surface area contributed by atoms with Gasteiger partial charge in [-0.15, -0.1) is 0 Å². The molecular formula is C24H30FO5. The van der Waals surface area contributed by atoms with Gasteiger partial charge in [0.15, 0.2) is 23.8 Å². The maximum atomic E-state index is 17.0. The average molecular weight is 417 g/mol. The van der Waals surface area contributed by atoms with Crippen molar-refractivity contribution in [1.29, 1.82) is 0 Å². The number of aliphatic hydroxyl groups excluding tert-OH is 1. The molecule has 0 spiro atoms. The number of carbonyl (C=O) groups is 3. The minimum atomic E-state index is -1.90. The minimum Gasteiger partial charge on any atom is -0.458 e. The Balaban J connectivity index is 1.71. The molecule has 0 aromatic heterocycles. The first-order valence-corrected chi connectivity index (χ1v) is 10.8. The van der Waals surface area contributed by atoms with Gasteiger partial charge in [0.1, 0.15) is 0 Å². The molecule has 0 heterocycles. The molecule has 0 aliphatic heterocycles. The van der Waals surface area contributed by atoms with Crippen molar-refractivity contribution < 1.29 is 28.6 Å². The van der Waals surface area contributed by atoms with E-state index in [1.54, 1.807) is 13.0 Å².